The van der Waals surface area contributed by atoms with Gasteiger partial charge in [0.15, 0.2) is 0 Å². The highest BCUT2D eigenvalue weighted by atomic mass is 16.4. The van der Waals surface area contributed by atoms with Gasteiger partial charge in [0.25, 0.3) is 0 Å². The molecule has 16 heavy (non-hydrogen) atoms. The van der Waals surface area contributed by atoms with Crippen molar-refractivity contribution in [2.45, 2.75) is 46.0 Å². The molecule has 0 amide bonds. The summed E-state index contributed by atoms with van der Waals surface area (Å²) in [4.78, 5) is 10.7. The van der Waals surface area contributed by atoms with E-state index in [1.165, 1.54) is 11.1 Å². The average Bonchev–Trinajstić information content (AvgIpc) is 2.16. The molecule has 0 saturated heterocycles. The van der Waals surface area contributed by atoms with Crippen molar-refractivity contribution in [2.24, 2.45) is 0 Å². The standard InChI is InChI=1S/C14H20O2/c1-9(2)12-6-5-11(8-14(15)16)7-13(12)10(3)4/h5-7,9-10H,8H2,1-4H3,(H,15,16). The van der Waals surface area contributed by atoms with Gasteiger partial charge in [0, 0.05) is 0 Å². The van der Waals surface area contributed by atoms with Crippen molar-refractivity contribution in [3.05, 3.63) is 34.9 Å². The second-order valence-electron chi connectivity index (χ2n) is 4.84. The van der Waals surface area contributed by atoms with Crippen molar-refractivity contribution < 1.29 is 9.90 Å². The first-order valence-electron chi connectivity index (χ1n) is 5.76. The normalized spacial score (nSPS) is 11.1. The number of aliphatic carboxylic acids is 1. The highest BCUT2D eigenvalue weighted by Crippen LogP contribution is 2.27. The minimum absolute atomic E-state index is 0.109. The lowest BCUT2D eigenvalue weighted by Crippen LogP contribution is -2.04. The third-order valence-corrected chi connectivity index (χ3v) is 2.75. The van der Waals surface area contributed by atoms with Crippen molar-refractivity contribution in [1.82, 2.24) is 0 Å². The summed E-state index contributed by atoms with van der Waals surface area (Å²) in [5.74, 6) is 0.148. The number of hydrogen-bond donors (Lipinski definition) is 1. The van der Waals surface area contributed by atoms with Crippen LogP contribution in [0, 0.1) is 0 Å². The van der Waals surface area contributed by atoms with Gasteiger partial charge in [-0.15, -0.1) is 0 Å². The summed E-state index contributed by atoms with van der Waals surface area (Å²) in [6, 6.07) is 6.03. The fourth-order valence-corrected chi connectivity index (χ4v) is 1.93. The summed E-state index contributed by atoms with van der Waals surface area (Å²) in [7, 11) is 0. The SMILES string of the molecule is CC(C)c1ccc(CC(=O)O)cc1C(C)C. The zero-order chi connectivity index (χ0) is 12.3. The van der Waals surface area contributed by atoms with Crippen molar-refractivity contribution >= 4 is 5.97 Å². The van der Waals surface area contributed by atoms with E-state index >= 15 is 0 Å². The molecule has 0 radical (unpaired) electrons. The minimum atomic E-state index is -0.771. The smallest absolute Gasteiger partial charge is 0.307 e. The van der Waals surface area contributed by atoms with E-state index < -0.39 is 5.97 Å². The van der Waals surface area contributed by atoms with Crippen LogP contribution in [0.15, 0.2) is 18.2 Å². The Balaban J connectivity index is 3.12. The van der Waals surface area contributed by atoms with E-state index in [2.05, 4.69) is 33.8 Å². The van der Waals surface area contributed by atoms with Crippen LogP contribution in [0.5, 0.6) is 0 Å². The highest BCUT2D eigenvalue weighted by molar-refractivity contribution is 5.70. The Kier molecular flexibility index (Phi) is 4.11. The molecule has 0 atom stereocenters. The number of carboxylic acids is 1. The third-order valence-electron chi connectivity index (χ3n) is 2.75. The maximum Gasteiger partial charge on any atom is 0.307 e. The molecule has 0 aliphatic heterocycles. The number of rotatable bonds is 4. The maximum absolute atomic E-state index is 10.7. The van der Waals surface area contributed by atoms with Gasteiger partial charge in [-0.05, 0) is 28.5 Å². The van der Waals surface area contributed by atoms with Crippen molar-refractivity contribution in [1.29, 1.82) is 0 Å². The summed E-state index contributed by atoms with van der Waals surface area (Å²) >= 11 is 0. The van der Waals surface area contributed by atoms with E-state index in [1.54, 1.807) is 0 Å². The van der Waals surface area contributed by atoms with Crippen LogP contribution in [-0.2, 0) is 11.2 Å². The molecule has 0 heterocycles. The number of carboxylic acid groups (broad SMARTS) is 1. The Morgan fingerprint density at radius 3 is 2.12 bits per heavy atom. The lowest BCUT2D eigenvalue weighted by Gasteiger charge is -2.17. The molecular weight excluding hydrogens is 200 g/mol. The number of carbonyl (C=O) groups is 1. The van der Waals surface area contributed by atoms with E-state index in [4.69, 9.17) is 5.11 Å². The van der Waals surface area contributed by atoms with Crippen LogP contribution in [0.4, 0.5) is 0 Å². The van der Waals surface area contributed by atoms with Gasteiger partial charge in [-0.2, -0.15) is 0 Å². The van der Waals surface area contributed by atoms with Crippen molar-refractivity contribution in [3.8, 4) is 0 Å². The third kappa shape index (κ3) is 3.09. The Bertz CT molecular complexity index is 378. The van der Waals surface area contributed by atoms with Gasteiger partial charge in [-0.3, -0.25) is 4.79 Å². The summed E-state index contributed by atoms with van der Waals surface area (Å²) in [5, 5.41) is 8.77. The average molecular weight is 220 g/mol. The lowest BCUT2D eigenvalue weighted by molar-refractivity contribution is -0.136. The fourth-order valence-electron chi connectivity index (χ4n) is 1.93. The molecule has 0 aliphatic carbocycles. The van der Waals surface area contributed by atoms with Crippen LogP contribution in [0.25, 0.3) is 0 Å². The highest BCUT2D eigenvalue weighted by Gasteiger charge is 2.11. The Hall–Kier alpha value is -1.31. The van der Waals surface area contributed by atoms with Gasteiger partial charge in [-0.1, -0.05) is 45.9 Å². The number of benzene rings is 1. The zero-order valence-corrected chi connectivity index (χ0v) is 10.4. The van der Waals surface area contributed by atoms with E-state index in [-0.39, 0.29) is 6.42 Å². The molecule has 0 saturated carbocycles. The van der Waals surface area contributed by atoms with Crippen LogP contribution < -0.4 is 0 Å². The Morgan fingerprint density at radius 2 is 1.69 bits per heavy atom. The first kappa shape index (κ1) is 12.8. The molecule has 2 heteroatoms. The van der Waals surface area contributed by atoms with E-state index in [0.29, 0.717) is 11.8 Å². The van der Waals surface area contributed by atoms with Crippen molar-refractivity contribution in [2.75, 3.05) is 0 Å². The summed E-state index contributed by atoms with van der Waals surface area (Å²) < 4.78 is 0. The van der Waals surface area contributed by atoms with E-state index in [1.807, 2.05) is 12.1 Å². The minimum Gasteiger partial charge on any atom is -0.481 e. The predicted octanol–water partition coefficient (Wildman–Crippen LogP) is 3.56. The molecule has 1 rings (SSSR count). The second-order valence-corrected chi connectivity index (χ2v) is 4.84. The zero-order valence-electron chi connectivity index (χ0n) is 10.4. The summed E-state index contributed by atoms with van der Waals surface area (Å²) in [6.45, 7) is 8.62. The van der Waals surface area contributed by atoms with Gasteiger partial charge < -0.3 is 5.11 Å². The largest absolute Gasteiger partial charge is 0.481 e. The molecule has 1 aromatic carbocycles. The molecule has 0 aromatic heterocycles. The molecule has 2 nitrogen and oxygen atoms in total. The van der Waals surface area contributed by atoms with Gasteiger partial charge in [0.05, 0.1) is 6.42 Å². The molecule has 0 spiro atoms. The predicted molar refractivity (Wildman–Crippen MR) is 66.0 cm³/mol. The molecule has 0 unspecified atom stereocenters. The van der Waals surface area contributed by atoms with Crippen molar-refractivity contribution in [3.63, 3.8) is 0 Å². The lowest BCUT2D eigenvalue weighted by atomic mass is 9.89. The van der Waals surface area contributed by atoms with Crippen LogP contribution in [-0.4, -0.2) is 11.1 Å². The molecular formula is C14H20O2. The number of hydrogen-bond acceptors (Lipinski definition) is 1. The van der Waals surface area contributed by atoms with Gasteiger partial charge in [0.2, 0.25) is 0 Å². The Morgan fingerprint density at radius 1 is 1.12 bits per heavy atom. The van der Waals surface area contributed by atoms with Gasteiger partial charge in [-0.25, -0.2) is 0 Å². The van der Waals surface area contributed by atoms with Crippen LogP contribution in [0.3, 0.4) is 0 Å². The van der Waals surface area contributed by atoms with E-state index in [9.17, 15) is 4.79 Å². The summed E-state index contributed by atoms with van der Waals surface area (Å²) in [6.07, 6.45) is 0.109. The van der Waals surface area contributed by atoms with Crippen LogP contribution in [0.2, 0.25) is 0 Å². The quantitative estimate of drug-likeness (QED) is 0.842. The molecule has 88 valence electrons. The molecule has 1 aromatic rings. The molecule has 0 aliphatic rings. The Labute approximate surface area is 97.3 Å². The maximum atomic E-state index is 10.7. The van der Waals surface area contributed by atoms with E-state index in [0.717, 1.165) is 5.56 Å². The first-order chi connectivity index (χ1) is 7.41. The molecule has 1 N–H and O–H groups in total. The first-order valence-corrected chi connectivity index (χ1v) is 5.76. The molecule has 0 bridgehead atoms. The second kappa shape index (κ2) is 5.15. The monoisotopic (exact) mass is 220 g/mol. The van der Waals surface area contributed by atoms with Gasteiger partial charge in [0.1, 0.15) is 0 Å². The summed E-state index contributed by atoms with van der Waals surface area (Å²) in [5.41, 5.74) is 3.48. The van der Waals surface area contributed by atoms with Crippen LogP contribution in [0.1, 0.15) is 56.2 Å². The van der Waals surface area contributed by atoms with Crippen LogP contribution >= 0.6 is 0 Å². The fraction of sp³-hybridized carbons (Fsp3) is 0.500. The topological polar surface area (TPSA) is 37.3 Å². The molecule has 0 fully saturated rings. The van der Waals surface area contributed by atoms with Gasteiger partial charge >= 0.3 is 5.97 Å².